The lowest BCUT2D eigenvalue weighted by Crippen LogP contribution is -2.14. The van der Waals surface area contributed by atoms with Crippen molar-refractivity contribution in [2.75, 3.05) is 0 Å². The molecule has 2 nitrogen and oxygen atoms in total. The molecule has 0 bridgehead atoms. The van der Waals surface area contributed by atoms with E-state index in [2.05, 4.69) is 26.2 Å². The van der Waals surface area contributed by atoms with Gasteiger partial charge in [0.1, 0.15) is 0 Å². The Labute approximate surface area is 121 Å². The van der Waals surface area contributed by atoms with E-state index < -0.39 is 0 Å². The summed E-state index contributed by atoms with van der Waals surface area (Å²) in [7, 11) is 0. The fraction of sp³-hybridized carbons (Fsp3) is 0.214. The Bertz CT molecular complexity index is 543. The Balaban J connectivity index is 1.94. The first kappa shape index (κ1) is 13.5. The van der Waals surface area contributed by atoms with Crippen molar-refractivity contribution >= 4 is 27.5 Å². The SMILES string of the molecule is Cc1cccc(CNCc2cc(Br)ccc2Cl)n1. The normalized spacial score (nSPS) is 10.6. The third kappa shape index (κ3) is 3.80. The molecule has 0 aliphatic rings. The van der Waals surface area contributed by atoms with Crippen LogP contribution in [0, 0.1) is 6.92 Å². The summed E-state index contributed by atoms with van der Waals surface area (Å²) in [6.45, 7) is 3.47. The van der Waals surface area contributed by atoms with Crippen LogP contribution in [0.4, 0.5) is 0 Å². The lowest BCUT2D eigenvalue weighted by molar-refractivity contribution is 0.678. The first-order valence-corrected chi connectivity index (χ1v) is 6.89. The van der Waals surface area contributed by atoms with E-state index in [1.807, 2.05) is 43.3 Å². The Morgan fingerprint density at radius 3 is 2.83 bits per heavy atom. The minimum Gasteiger partial charge on any atom is -0.307 e. The van der Waals surface area contributed by atoms with E-state index in [4.69, 9.17) is 11.6 Å². The minimum atomic E-state index is 0.730. The number of aromatic nitrogens is 1. The molecule has 2 rings (SSSR count). The molecule has 18 heavy (non-hydrogen) atoms. The number of rotatable bonds is 4. The lowest BCUT2D eigenvalue weighted by Gasteiger charge is -2.07. The van der Waals surface area contributed by atoms with Gasteiger partial charge in [-0.2, -0.15) is 0 Å². The van der Waals surface area contributed by atoms with Crippen LogP contribution in [0.5, 0.6) is 0 Å². The van der Waals surface area contributed by atoms with Crippen LogP contribution in [0.25, 0.3) is 0 Å². The molecule has 1 N–H and O–H groups in total. The maximum atomic E-state index is 6.13. The van der Waals surface area contributed by atoms with Gasteiger partial charge in [-0.05, 0) is 42.8 Å². The van der Waals surface area contributed by atoms with Crippen molar-refractivity contribution < 1.29 is 0 Å². The first-order chi connectivity index (χ1) is 8.65. The lowest BCUT2D eigenvalue weighted by atomic mass is 10.2. The van der Waals surface area contributed by atoms with Gasteiger partial charge < -0.3 is 5.32 Å². The number of nitrogens with one attached hydrogen (secondary N) is 1. The van der Waals surface area contributed by atoms with Crippen molar-refractivity contribution in [3.05, 3.63) is 62.8 Å². The smallest absolute Gasteiger partial charge is 0.0544 e. The zero-order valence-corrected chi connectivity index (χ0v) is 12.4. The molecule has 0 atom stereocenters. The molecule has 2 aromatic rings. The van der Waals surface area contributed by atoms with E-state index >= 15 is 0 Å². The summed E-state index contributed by atoms with van der Waals surface area (Å²) in [5, 5.41) is 4.13. The van der Waals surface area contributed by atoms with Crippen LogP contribution in [0.2, 0.25) is 5.02 Å². The highest BCUT2D eigenvalue weighted by Gasteiger charge is 2.01. The summed E-state index contributed by atoms with van der Waals surface area (Å²) in [5.74, 6) is 0. The first-order valence-electron chi connectivity index (χ1n) is 5.72. The summed E-state index contributed by atoms with van der Waals surface area (Å²) in [4.78, 5) is 4.44. The summed E-state index contributed by atoms with van der Waals surface area (Å²) >= 11 is 9.57. The van der Waals surface area contributed by atoms with Crippen molar-refractivity contribution in [3.63, 3.8) is 0 Å². The van der Waals surface area contributed by atoms with E-state index in [1.54, 1.807) is 0 Å². The van der Waals surface area contributed by atoms with Gasteiger partial charge in [0.05, 0.1) is 5.69 Å². The molecule has 0 amide bonds. The molecule has 0 aliphatic heterocycles. The van der Waals surface area contributed by atoms with E-state index in [0.717, 1.165) is 39.5 Å². The molecule has 0 saturated carbocycles. The third-order valence-electron chi connectivity index (χ3n) is 2.58. The second-order valence-electron chi connectivity index (χ2n) is 4.11. The second-order valence-corrected chi connectivity index (χ2v) is 5.43. The topological polar surface area (TPSA) is 24.9 Å². The number of halogens is 2. The summed E-state index contributed by atoms with van der Waals surface area (Å²) in [5.41, 5.74) is 3.16. The summed E-state index contributed by atoms with van der Waals surface area (Å²) < 4.78 is 1.04. The number of benzene rings is 1. The maximum Gasteiger partial charge on any atom is 0.0544 e. The van der Waals surface area contributed by atoms with Crippen LogP contribution in [-0.4, -0.2) is 4.98 Å². The van der Waals surface area contributed by atoms with Gasteiger partial charge in [0.15, 0.2) is 0 Å². The van der Waals surface area contributed by atoms with Gasteiger partial charge in [0, 0.05) is 28.3 Å². The molecule has 1 heterocycles. The van der Waals surface area contributed by atoms with Crippen molar-refractivity contribution in [1.29, 1.82) is 0 Å². The quantitative estimate of drug-likeness (QED) is 0.915. The van der Waals surface area contributed by atoms with Crippen LogP contribution in [0.3, 0.4) is 0 Å². The van der Waals surface area contributed by atoms with Gasteiger partial charge >= 0.3 is 0 Å². The van der Waals surface area contributed by atoms with Gasteiger partial charge in [-0.15, -0.1) is 0 Å². The minimum absolute atomic E-state index is 0.730. The highest BCUT2D eigenvalue weighted by atomic mass is 79.9. The van der Waals surface area contributed by atoms with Crippen LogP contribution in [-0.2, 0) is 13.1 Å². The van der Waals surface area contributed by atoms with Crippen LogP contribution < -0.4 is 5.32 Å². The molecule has 0 unspecified atom stereocenters. The van der Waals surface area contributed by atoms with Crippen LogP contribution in [0.1, 0.15) is 17.0 Å². The molecule has 4 heteroatoms. The molecular weight excluding hydrogens is 312 g/mol. The van der Waals surface area contributed by atoms with Gasteiger partial charge in [0.25, 0.3) is 0 Å². The van der Waals surface area contributed by atoms with Crippen molar-refractivity contribution in [1.82, 2.24) is 10.3 Å². The fourth-order valence-corrected chi connectivity index (χ4v) is 2.29. The zero-order chi connectivity index (χ0) is 13.0. The van der Waals surface area contributed by atoms with Crippen LogP contribution >= 0.6 is 27.5 Å². The van der Waals surface area contributed by atoms with E-state index in [1.165, 1.54) is 0 Å². The fourth-order valence-electron chi connectivity index (χ4n) is 1.70. The predicted octanol–water partition coefficient (Wildman–Crippen LogP) is 4.10. The molecule has 1 aromatic heterocycles. The van der Waals surface area contributed by atoms with E-state index in [9.17, 15) is 0 Å². The van der Waals surface area contributed by atoms with Gasteiger partial charge in [0.2, 0.25) is 0 Å². The van der Waals surface area contributed by atoms with Gasteiger partial charge in [-0.1, -0.05) is 33.6 Å². The van der Waals surface area contributed by atoms with Crippen molar-refractivity contribution in [3.8, 4) is 0 Å². The van der Waals surface area contributed by atoms with Crippen molar-refractivity contribution in [2.45, 2.75) is 20.0 Å². The van der Waals surface area contributed by atoms with Crippen molar-refractivity contribution in [2.24, 2.45) is 0 Å². The zero-order valence-electron chi connectivity index (χ0n) is 10.1. The standard InChI is InChI=1S/C14H14BrClN2/c1-10-3-2-4-13(18-10)9-17-8-11-7-12(15)5-6-14(11)16/h2-7,17H,8-9H2,1H3. The second kappa shape index (κ2) is 6.32. The predicted molar refractivity (Wildman–Crippen MR) is 78.7 cm³/mol. The largest absolute Gasteiger partial charge is 0.307 e. The van der Waals surface area contributed by atoms with Gasteiger partial charge in [-0.25, -0.2) is 0 Å². The Morgan fingerprint density at radius 2 is 2.06 bits per heavy atom. The number of pyridine rings is 1. The summed E-state index contributed by atoms with van der Waals surface area (Å²) in [6.07, 6.45) is 0. The van der Waals surface area contributed by atoms with Gasteiger partial charge in [-0.3, -0.25) is 4.98 Å². The number of hydrogen-bond acceptors (Lipinski definition) is 2. The molecule has 1 aromatic carbocycles. The molecule has 0 saturated heterocycles. The molecule has 94 valence electrons. The molecule has 0 fully saturated rings. The number of hydrogen-bond donors (Lipinski definition) is 1. The Hall–Kier alpha value is -0.900. The Kier molecular flexibility index (Phi) is 4.75. The molecule has 0 radical (unpaired) electrons. The maximum absolute atomic E-state index is 6.13. The highest BCUT2D eigenvalue weighted by Crippen LogP contribution is 2.20. The summed E-state index contributed by atoms with van der Waals surface area (Å²) in [6, 6.07) is 11.9. The average molecular weight is 326 g/mol. The number of aryl methyl sites for hydroxylation is 1. The molecule has 0 spiro atoms. The average Bonchev–Trinajstić information content (AvgIpc) is 2.34. The third-order valence-corrected chi connectivity index (χ3v) is 3.44. The highest BCUT2D eigenvalue weighted by molar-refractivity contribution is 9.10. The van der Waals surface area contributed by atoms with E-state index in [-0.39, 0.29) is 0 Å². The van der Waals surface area contributed by atoms with E-state index in [0.29, 0.717) is 0 Å². The monoisotopic (exact) mass is 324 g/mol. The number of nitrogens with zero attached hydrogens (tertiary/aromatic N) is 1. The molecular formula is C14H14BrClN2. The van der Waals surface area contributed by atoms with Crippen LogP contribution in [0.15, 0.2) is 40.9 Å². The molecule has 0 aliphatic carbocycles. The Morgan fingerprint density at radius 1 is 1.22 bits per heavy atom.